The van der Waals surface area contributed by atoms with Crippen molar-refractivity contribution >= 4 is 39.9 Å². The normalized spacial score (nSPS) is 12.1. The number of hydrogen-bond acceptors (Lipinski definition) is 3. The Morgan fingerprint density at radius 2 is 1.89 bits per heavy atom. The molecule has 0 spiro atoms. The van der Waals surface area contributed by atoms with Crippen LogP contribution in [0.15, 0.2) is 73.1 Å². The molecule has 4 aromatic rings. The Hall–Kier alpha value is -2.82. The molecule has 4 nitrogen and oxygen atoms in total. The van der Waals surface area contributed by atoms with Crippen molar-refractivity contribution in [1.29, 1.82) is 0 Å². The van der Waals surface area contributed by atoms with Gasteiger partial charge in [-0.2, -0.15) is 0 Å². The summed E-state index contributed by atoms with van der Waals surface area (Å²) >= 11 is 12.7. The molecule has 1 atom stereocenters. The Bertz CT molecular complexity index is 1100. The summed E-state index contributed by atoms with van der Waals surface area (Å²) in [4.78, 5) is 7.46. The lowest BCUT2D eigenvalue weighted by Crippen LogP contribution is -2.19. The van der Waals surface area contributed by atoms with Crippen LogP contribution in [0, 0.1) is 0 Å². The van der Waals surface area contributed by atoms with E-state index in [1.165, 1.54) is 0 Å². The smallest absolute Gasteiger partial charge is 0.272 e. The van der Waals surface area contributed by atoms with Crippen molar-refractivity contribution in [2.24, 2.45) is 0 Å². The van der Waals surface area contributed by atoms with Crippen molar-refractivity contribution in [1.82, 2.24) is 4.98 Å². The fraction of sp³-hybridized carbons (Fsp3) is 0.0476. The third kappa shape index (κ3) is 3.54. The third-order valence-corrected chi connectivity index (χ3v) is 4.89. The molecule has 3 N–H and O–H groups in total. The van der Waals surface area contributed by atoms with E-state index in [1.54, 1.807) is 18.3 Å². The first-order valence-electron chi connectivity index (χ1n) is 8.38. The second-order valence-corrected chi connectivity index (χ2v) is 6.95. The SMILES string of the molecule is Oc1c([C@@H](Nc2cccc[nH+]2)c2cccc(Cl)c2)cc(Cl)c2cccnc12. The van der Waals surface area contributed by atoms with E-state index in [0.29, 0.717) is 26.5 Å². The van der Waals surface area contributed by atoms with Gasteiger partial charge in [-0.25, -0.2) is 4.98 Å². The Kier molecular flexibility index (Phi) is 4.84. The van der Waals surface area contributed by atoms with E-state index < -0.39 is 0 Å². The Morgan fingerprint density at radius 1 is 1.00 bits per heavy atom. The minimum absolute atomic E-state index is 0.0865. The van der Waals surface area contributed by atoms with E-state index >= 15 is 0 Å². The average molecular weight is 397 g/mol. The van der Waals surface area contributed by atoms with E-state index in [9.17, 15) is 5.11 Å². The van der Waals surface area contributed by atoms with Crippen LogP contribution in [0.2, 0.25) is 10.0 Å². The molecule has 0 aliphatic heterocycles. The predicted molar refractivity (Wildman–Crippen MR) is 108 cm³/mol. The topological polar surface area (TPSA) is 59.3 Å². The van der Waals surface area contributed by atoms with E-state index in [1.807, 2.05) is 54.7 Å². The lowest BCUT2D eigenvalue weighted by Gasteiger charge is -2.18. The number of aromatic hydroxyl groups is 1. The fourth-order valence-corrected chi connectivity index (χ4v) is 3.56. The molecular weight excluding hydrogens is 381 g/mol. The maximum atomic E-state index is 10.9. The van der Waals surface area contributed by atoms with E-state index in [2.05, 4.69) is 15.3 Å². The lowest BCUT2D eigenvalue weighted by molar-refractivity contribution is -0.361. The number of phenolic OH excluding ortho intramolecular Hbond substituents is 1. The Labute approximate surface area is 166 Å². The monoisotopic (exact) mass is 396 g/mol. The number of nitrogens with one attached hydrogen (secondary N) is 2. The molecule has 0 amide bonds. The molecule has 0 bridgehead atoms. The molecule has 0 fully saturated rings. The van der Waals surface area contributed by atoms with Gasteiger partial charge >= 0.3 is 0 Å². The van der Waals surface area contributed by atoms with Crippen LogP contribution in [0.4, 0.5) is 5.82 Å². The summed E-state index contributed by atoms with van der Waals surface area (Å²) in [7, 11) is 0. The molecule has 0 unspecified atom stereocenters. The van der Waals surface area contributed by atoms with Crippen LogP contribution >= 0.6 is 23.2 Å². The van der Waals surface area contributed by atoms with Gasteiger partial charge in [-0.05, 0) is 36.4 Å². The highest BCUT2D eigenvalue weighted by Gasteiger charge is 2.25. The number of hydrogen-bond donors (Lipinski definition) is 2. The number of phenols is 1. The number of rotatable bonds is 4. The van der Waals surface area contributed by atoms with Crippen LogP contribution in [-0.2, 0) is 0 Å². The summed E-state index contributed by atoms with van der Waals surface area (Å²) < 4.78 is 0. The van der Waals surface area contributed by atoms with Crippen LogP contribution < -0.4 is 10.3 Å². The summed E-state index contributed by atoms with van der Waals surface area (Å²) in [6, 6.07) is 18.2. The average Bonchev–Trinajstić information content (AvgIpc) is 2.70. The number of halogens is 2. The number of benzene rings is 2. The molecule has 0 saturated heterocycles. The summed E-state index contributed by atoms with van der Waals surface area (Å²) in [5.74, 6) is 0.877. The van der Waals surface area contributed by atoms with Gasteiger partial charge in [-0.3, -0.25) is 10.3 Å². The highest BCUT2D eigenvalue weighted by Crippen LogP contribution is 2.39. The minimum atomic E-state index is -0.383. The van der Waals surface area contributed by atoms with Crippen molar-refractivity contribution in [2.75, 3.05) is 5.32 Å². The zero-order valence-corrected chi connectivity index (χ0v) is 15.7. The summed E-state index contributed by atoms with van der Waals surface area (Å²) in [6.45, 7) is 0. The maximum Gasteiger partial charge on any atom is 0.272 e. The zero-order valence-electron chi connectivity index (χ0n) is 14.2. The zero-order chi connectivity index (χ0) is 18.8. The molecule has 0 radical (unpaired) electrons. The van der Waals surface area contributed by atoms with Gasteiger partial charge in [0.15, 0.2) is 0 Å². The largest absolute Gasteiger partial charge is 0.505 e. The third-order valence-electron chi connectivity index (χ3n) is 4.35. The molecule has 0 aliphatic rings. The number of aromatic nitrogens is 2. The van der Waals surface area contributed by atoms with Gasteiger partial charge in [-0.1, -0.05) is 41.4 Å². The molecule has 0 saturated carbocycles. The van der Waals surface area contributed by atoms with Gasteiger partial charge in [0.05, 0.1) is 11.2 Å². The van der Waals surface area contributed by atoms with Crippen molar-refractivity contribution < 1.29 is 10.1 Å². The van der Waals surface area contributed by atoms with Crippen LogP contribution in [0.1, 0.15) is 17.2 Å². The molecule has 2 aromatic heterocycles. The maximum absolute atomic E-state index is 10.9. The lowest BCUT2D eigenvalue weighted by atomic mass is 9.96. The molecule has 134 valence electrons. The van der Waals surface area contributed by atoms with Crippen LogP contribution in [-0.4, -0.2) is 10.1 Å². The molecular formula is C21H16Cl2N3O+. The molecule has 27 heavy (non-hydrogen) atoms. The highest BCUT2D eigenvalue weighted by atomic mass is 35.5. The van der Waals surface area contributed by atoms with E-state index in [0.717, 1.165) is 11.4 Å². The number of anilines is 1. The summed E-state index contributed by atoms with van der Waals surface area (Å²) in [6.07, 6.45) is 3.46. The Morgan fingerprint density at radius 3 is 2.67 bits per heavy atom. The summed E-state index contributed by atoms with van der Waals surface area (Å²) in [5.41, 5.74) is 1.97. The van der Waals surface area contributed by atoms with Gasteiger partial charge < -0.3 is 5.11 Å². The van der Waals surface area contributed by atoms with Crippen molar-refractivity contribution in [2.45, 2.75) is 6.04 Å². The first-order chi connectivity index (χ1) is 13.1. The quantitative estimate of drug-likeness (QED) is 0.494. The fourth-order valence-electron chi connectivity index (χ4n) is 3.09. The standard InChI is InChI=1S/C21H15Cl2N3O/c22-14-6-3-5-13(11-14)19(26-18-8-1-2-9-24-18)16-12-17(23)15-7-4-10-25-20(15)21(16)27/h1-12,19,27H,(H,24,26)/p+1/t19-/m0/s1. The van der Waals surface area contributed by atoms with Gasteiger partial charge in [-0.15, -0.1) is 0 Å². The number of fused-ring (bicyclic) bond motifs is 1. The molecule has 4 rings (SSSR count). The number of nitrogens with zero attached hydrogens (tertiary/aromatic N) is 1. The first-order valence-corrected chi connectivity index (χ1v) is 9.14. The molecule has 6 heteroatoms. The summed E-state index contributed by atoms with van der Waals surface area (Å²) in [5, 5.41) is 16.2. The van der Waals surface area contributed by atoms with Crippen LogP contribution in [0.25, 0.3) is 10.9 Å². The highest BCUT2D eigenvalue weighted by molar-refractivity contribution is 6.35. The van der Waals surface area contributed by atoms with Gasteiger partial charge in [0, 0.05) is 33.8 Å². The number of H-pyrrole nitrogens is 1. The van der Waals surface area contributed by atoms with Crippen molar-refractivity contribution in [3.8, 4) is 5.75 Å². The van der Waals surface area contributed by atoms with Crippen LogP contribution in [0.5, 0.6) is 5.75 Å². The van der Waals surface area contributed by atoms with Gasteiger partial charge in [0.2, 0.25) is 0 Å². The molecule has 2 heterocycles. The second kappa shape index (κ2) is 7.43. The van der Waals surface area contributed by atoms with Gasteiger partial charge in [0.25, 0.3) is 5.82 Å². The number of pyridine rings is 2. The predicted octanol–water partition coefficient (Wildman–Crippen LogP) is 5.26. The van der Waals surface area contributed by atoms with Crippen molar-refractivity contribution in [3.05, 3.63) is 94.2 Å². The minimum Gasteiger partial charge on any atom is -0.505 e. The number of aromatic amines is 1. The van der Waals surface area contributed by atoms with E-state index in [-0.39, 0.29) is 11.8 Å². The van der Waals surface area contributed by atoms with Gasteiger partial charge in [0.1, 0.15) is 17.3 Å². The molecule has 2 aromatic carbocycles. The first kappa shape index (κ1) is 17.6. The van der Waals surface area contributed by atoms with Crippen molar-refractivity contribution in [3.63, 3.8) is 0 Å². The van der Waals surface area contributed by atoms with Crippen LogP contribution in [0.3, 0.4) is 0 Å². The Balaban J connectivity index is 1.91. The second-order valence-electron chi connectivity index (χ2n) is 6.10. The van der Waals surface area contributed by atoms with E-state index in [4.69, 9.17) is 23.2 Å². The molecule has 0 aliphatic carbocycles.